The largest absolute Gasteiger partial charge is 0.393 e. The molecular weight excluding hydrogens is 172 g/mol. The first-order valence-electron chi connectivity index (χ1n) is 4.09. The average Bonchev–Trinajstić information content (AvgIpc) is 1.84. The quantitative estimate of drug-likeness (QED) is 0.609. The monoisotopic (exact) mass is 190 g/mol. The molecule has 2 atom stereocenters. The number of thiocarbonyl (C=S) groups is 1. The molecule has 0 aromatic rings. The van der Waals surface area contributed by atoms with Crippen molar-refractivity contribution in [1.82, 2.24) is 4.90 Å². The van der Waals surface area contributed by atoms with Crippen molar-refractivity contribution in [3.05, 3.63) is 0 Å². The number of aliphatic hydroxyl groups is 1. The molecule has 0 radical (unpaired) electrons. The zero-order valence-electron chi connectivity index (χ0n) is 7.95. The van der Waals surface area contributed by atoms with Gasteiger partial charge < -0.3 is 15.7 Å². The summed E-state index contributed by atoms with van der Waals surface area (Å²) in [7, 11) is 1.95. The van der Waals surface area contributed by atoms with Gasteiger partial charge in [-0.05, 0) is 14.0 Å². The van der Waals surface area contributed by atoms with E-state index in [0.29, 0.717) is 11.5 Å². The molecular formula is C8H18N2OS. The lowest BCUT2D eigenvalue weighted by Gasteiger charge is -2.21. The van der Waals surface area contributed by atoms with Crippen LogP contribution in [0.3, 0.4) is 0 Å². The van der Waals surface area contributed by atoms with Gasteiger partial charge in [0.1, 0.15) is 0 Å². The van der Waals surface area contributed by atoms with Crippen LogP contribution in [0.5, 0.6) is 0 Å². The Morgan fingerprint density at radius 1 is 1.50 bits per heavy atom. The third-order valence-corrected chi connectivity index (χ3v) is 2.05. The molecule has 3 N–H and O–H groups in total. The first kappa shape index (κ1) is 11.8. The predicted octanol–water partition coefficient (Wildman–Crippen LogP) is 0.221. The van der Waals surface area contributed by atoms with Gasteiger partial charge >= 0.3 is 0 Å². The second kappa shape index (κ2) is 5.45. The Bertz CT molecular complexity index is 150. The van der Waals surface area contributed by atoms with E-state index in [1.807, 2.05) is 18.9 Å². The Labute approximate surface area is 79.5 Å². The van der Waals surface area contributed by atoms with Gasteiger partial charge in [0.05, 0.1) is 11.1 Å². The van der Waals surface area contributed by atoms with Crippen molar-refractivity contribution in [2.24, 2.45) is 11.7 Å². The van der Waals surface area contributed by atoms with E-state index in [9.17, 15) is 0 Å². The molecule has 0 heterocycles. The SMILES string of the molecule is CC(O)CN(C)CC(C)C(N)=S. The van der Waals surface area contributed by atoms with E-state index in [4.69, 9.17) is 23.1 Å². The molecule has 0 aromatic carbocycles. The van der Waals surface area contributed by atoms with Gasteiger partial charge in [-0.1, -0.05) is 19.1 Å². The Balaban J connectivity index is 3.68. The van der Waals surface area contributed by atoms with Crippen LogP contribution in [0.4, 0.5) is 0 Å². The summed E-state index contributed by atoms with van der Waals surface area (Å²) in [6.45, 7) is 5.22. The fourth-order valence-electron chi connectivity index (χ4n) is 1.08. The smallest absolute Gasteiger partial charge is 0.0768 e. The first-order chi connectivity index (χ1) is 5.43. The van der Waals surface area contributed by atoms with Crippen LogP contribution in [0.1, 0.15) is 13.8 Å². The fourth-order valence-corrected chi connectivity index (χ4v) is 1.16. The molecule has 0 aromatic heterocycles. The molecule has 0 spiro atoms. The molecule has 0 saturated heterocycles. The van der Waals surface area contributed by atoms with E-state index in [2.05, 4.69) is 0 Å². The Morgan fingerprint density at radius 3 is 2.33 bits per heavy atom. The maximum Gasteiger partial charge on any atom is 0.0768 e. The topological polar surface area (TPSA) is 49.5 Å². The van der Waals surface area contributed by atoms with Crippen LogP contribution in [-0.2, 0) is 0 Å². The number of rotatable bonds is 5. The Kier molecular flexibility index (Phi) is 5.37. The molecule has 0 saturated carbocycles. The number of hydrogen-bond donors (Lipinski definition) is 2. The molecule has 0 aliphatic rings. The van der Waals surface area contributed by atoms with E-state index in [1.54, 1.807) is 6.92 Å². The minimum atomic E-state index is -0.298. The summed E-state index contributed by atoms with van der Waals surface area (Å²) in [5.41, 5.74) is 5.46. The standard InChI is InChI=1S/C8H18N2OS/c1-6(8(9)12)4-10(3)5-7(2)11/h6-7,11H,4-5H2,1-3H3,(H2,9,12). The summed E-state index contributed by atoms with van der Waals surface area (Å²) >= 11 is 4.84. The second-order valence-electron chi connectivity index (χ2n) is 3.37. The number of aliphatic hydroxyl groups excluding tert-OH is 1. The van der Waals surface area contributed by atoms with Crippen LogP contribution in [0, 0.1) is 5.92 Å². The molecule has 4 heteroatoms. The number of nitrogens with zero attached hydrogens (tertiary/aromatic N) is 1. The van der Waals surface area contributed by atoms with Crippen molar-refractivity contribution in [2.45, 2.75) is 20.0 Å². The van der Waals surface area contributed by atoms with E-state index < -0.39 is 0 Å². The Morgan fingerprint density at radius 2 is 2.00 bits per heavy atom. The maximum absolute atomic E-state index is 9.07. The maximum atomic E-state index is 9.07. The van der Waals surface area contributed by atoms with E-state index in [-0.39, 0.29) is 12.0 Å². The van der Waals surface area contributed by atoms with Crippen LogP contribution >= 0.6 is 12.2 Å². The van der Waals surface area contributed by atoms with Crippen molar-refractivity contribution in [2.75, 3.05) is 20.1 Å². The number of likely N-dealkylation sites (N-methyl/N-ethyl adjacent to an activating group) is 1. The van der Waals surface area contributed by atoms with E-state index in [1.165, 1.54) is 0 Å². The predicted molar refractivity (Wildman–Crippen MR) is 55.1 cm³/mol. The lowest BCUT2D eigenvalue weighted by Crippen LogP contribution is -2.35. The van der Waals surface area contributed by atoms with Gasteiger partial charge in [0.15, 0.2) is 0 Å². The summed E-state index contributed by atoms with van der Waals surface area (Å²) in [6, 6.07) is 0. The highest BCUT2D eigenvalue weighted by Crippen LogP contribution is 1.99. The van der Waals surface area contributed by atoms with Gasteiger partial charge in [-0.2, -0.15) is 0 Å². The summed E-state index contributed by atoms with van der Waals surface area (Å²) in [6.07, 6.45) is -0.298. The second-order valence-corrected chi connectivity index (χ2v) is 3.85. The van der Waals surface area contributed by atoms with Gasteiger partial charge in [0, 0.05) is 19.0 Å². The van der Waals surface area contributed by atoms with Crippen LogP contribution in [0.15, 0.2) is 0 Å². The average molecular weight is 190 g/mol. The van der Waals surface area contributed by atoms with Gasteiger partial charge in [-0.3, -0.25) is 0 Å². The van der Waals surface area contributed by atoms with Gasteiger partial charge in [0.25, 0.3) is 0 Å². The molecule has 0 amide bonds. The van der Waals surface area contributed by atoms with Crippen molar-refractivity contribution >= 4 is 17.2 Å². The lowest BCUT2D eigenvalue weighted by atomic mass is 10.1. The minimum absolute atomic E-state index is 0.212. The lowest BCUT2D eigenvalue weighted by molar-refractivity contribution is 0.138. The number of hydrogen-bond acceptors (Lipinski definition) is 3. The molecule has 2 unspecified atom stereocenters. The zero-order valence-corrected chi connectivity index (χ0v) is 8.77. The minimum Gasteiger partial charge on any atom is -0.393 e. The summed E-state index contributed by atoms with van der Waals surface area (Å²) in [4.78, 5) is 2.56. The fraction of sp³-hybridized carbons (Fsp3) is 0.875. The highest BCUT2D eigenvalue weighted by atomic mass is 32.1. The highest BCUT2D eigenvalue weighted by molar-refractivity contribution is 7.80. The van der Waals surface area contributed by atoms with Gasteiger partial charge in [-0.15, -0.1) is 0 Å². The molecule has 72 valence electrons. The Hall–Kier alpha value is -0.190. The summed E-state index contributed by atoms with van der Waals surface area (Å²) in [5, 5.41) is 9.07. The van der Waals surface area contributed by atoms with Crippen LogP contribution in [0.2, 0.25) is 0 Å². The van der Waals surface area contributed by atoms with Crippen LogP contribution in [-0.4, -0.2) is 41.2 Å². The van der Waals surface area contributed by atoms with Crippen molar-refractivity contribution in [3.8, 4) is 0 Å². The zero-order chi connectivity index (χ0) is 9.72. The van der Waals surface area contributed by atoms with Crippen LogP contribution < -0.4 is 5.73 Å². The van der Waals surface area contributed by atoms with Gasteiger partial charge in [0.2, 0.25) is 0 Å². The van der Waals surface area contributed by atoms with Gasteiger partial charge in [-0.25, -0.2) is 0 Å². The summed E-state index contributed by atoms with van der Waals surface area (Å²) < 4.78 is 0. The first-order valence-corrected chi connectivity index (χ1v) is 4.50. The molecule has 0 aliphatic carbocycles. The van der Waals surface area contributed by atoms with Crippen molar-refractivity contribution < 1.29 is 5.11 Å². The molecule has 12 heavy (non-hydrogen) atoms. The number of nitrogens with two attached hydrogens (primary N) is 1. The van der Waals surface area contributed by atoms with E-state index in [0.717, 1.165) is 6.54 Å². The van der Waals surface area contributed by atoms with Crippen LogP contribution in [0.25, 0.3) is 0 Å². The third-order valence-electron chi connectivity index (χ3n) is 1.65. The molecule has 0 rings (SSSR count). The third kappa shape index (κ3) is 5.46. The molecule has 0 bridgehead atoms. The summed E-state index contributed by atoms with van der Waals surface area (Å²) in [5.74, 6) is 0.212. The molecule has 3 nitrogen and oxygen atoms in total. The van der Waals surface area contributed by atoms with E-state index >= 15 is 0 Å². The van der Waals surface area contributed by atoms with Crippen molar-refractivity contribution in [1.29, 1.82) is 0 Å². The van der Waals surface area contributed by atoms with Crippen molar-refractivity contribution in [3.63, 3.8) is 0 Å². The normalized spacial score (nSPS) is 16.1. The highest BCUT2D eigenvalue weighted by Gasteiger charge is 2.09. The molecule has 0 aliphatic heterocycles. The molecule has 0 fully saturated rings.